The van der Waals surface area contributed by atoms with E-state index in [1.165, 1.54) is 57.8 Å². The number of rotatable bonds is 50. The van der Waals surface area contributed by atoms with E-state index in [0.717, 1.165) is 116 Å². The van der Waals surface area contributed by atoms with Crippen LogP contribution >= 0.6 is 0 Å². The molecular weight excluding hydrogens is 887 g/mol. The van der Waals surface area contributed by atoms with Crippen LogP contribution in [-0.4, -0.2) is 87.4 Å². The zero-order valence-electron chi connectivity index (χ0n) is 45.8. The molecule has 0 saturated carbocycles. The summed E-state index contributed by atoms with van der Waals surface area (Å²) in [4.78, 5) is 37.3. The van der Waals surface area contributed by atoms with Gasteiger partial charge in [0.15, 0.2) is 6.10 Å². The molecule has 0 amide bonds. The normalized spacial score (nSPS) is 13.6. The number of carbonyl (C=O) groups is 3. The number of nitrogens with zero attached hydrogens (tertiary/aromatic N) is 1. The Labute approximate surface area is 434 Å². The average Bonchev–Trinajstić information content (AvgIpc) is 3.34. The van der Waals surface area contributed by atoms with Gasteiger partial charge in [0, 0.05) is 12.8 Å². The molecule has 404 valence electrons. The minimum atomic E-state index is -1.52. The Kier molecular flexibility index (Phi) is 49.3. The molecule has 1 N–H and O–H groups in total. The summed E-state index contributed by atoms with van der Waals surface area (Å²) >= 11 is 0. The number of unbranched alkanes of at least 4 members (excludes halogenated alkanes) is 17. The molecule has 2 unspecified atom stereocenters. The molecule has 0 fully saturated rings. The molecule has 0 heterocycles. The summed E-state index contributed by atoms with van der Waals surface area (Å²) in [6.07, 6.45) is 68.8. The maximum atomic E-state index is 12.9. The third-order valence-electron chi connectivity index (χ3n) is 11.5. The van der Waals surface area contributed by atoms with Crippen molar-refractivity contribution in [2.24, 2.45) is 0 Å². The number of quaternary nitrogens is 1. The fourth-order valence-corrected chi connectivity index (χ4v) is 7.27. The number of carbonyl (C=O) groups excluding carboxylic acids is 2. The molecule has 0 aliphatic carbocycles. The number of allylic oxidation sites excluding steroid dienone is 18. The van der Waals surface area contributed by atoms with Crippen molar-refractivity contribution in [3.63, 3.8) is 0 Å². The first kappa shape index (κ1) is 67.0. The van der Waals surface area contributed by atoms with Crippen LogP contribution in [-0.2, 0) is 33.3 Å². The highest BCUT2D eigenvalue weighted by molar-refractivity contribution is 5.71. The second-order valence-electron chi connectivity index (χ2n) is 19.5. The summed E-state index contributed by atoms with van der Waals surface area (Å²) in [6.45, 7) is 4.61. The average molecular weight is 992 g/mol. The van der Waals surface area contributed by atoms with Gasteiger partial charge in [-0.05, 0) is 96.3 Å². The number of aliphatic carboxylic acids is 1. The number of hydrogen-bond donors (Lipinski definition) is 1. The van der Waals surface area contributed by atoms with E-state index >= 15 is 0 Å². The number of carboxylic acids is 1. The molecule has 0 aliphatic rings. The Balaban J connectivity index is 4.23. The standard InChI is InChI=1S/C62H103NO8/c1-6-8-10-12-14-16-18-20-22-23-24-25-26-27-28-29-30-31-32-33-34-35-36-37-39-41-43-45-47-49-51-53-60(65)71-58(57-70-62(61(66)67)68-55-54-63(3,4)5)56-69-59(64)52-50-48-46-44-42-40-38-21-19-17-15-13-11-9-7-2/h8-11,14-17,20-22,24-25,27-28,30-31,38,58,62H,6-7,12-13,18-19,23,26,29,32-37,39-57H2,1-5H3/p+1/b10-8-,11-9-,16-14-,17-15-,22-20-,25-24-,28-27-,31-30-,38-21-. The van der Waals surface area contributed by atoms with Crippen LogP contribution in [0, 0.1) is 0 Å². The smallest absolute Gasteiger partial charge is 0.361 e. The van der Waals surface area contributed by atoms with Gasteiger partial charge in [0.05, 0.1) is 34.4 Å². The Morgan fingerprint density at radius 3 is 1.13 bits per heavy atom. The van der Waals surface area contributed by atoms with Crippen LogP contribution in [0.3, 0.4) is 0 Å². The zero-order chi connectivity index (χ0) is 52.0. The molecular formula is C62H104NO8+. The lowest BCUT2D eigenvalue weighted by atomic mass is 10.0. The van der Waals surface area contributed by atoms with Crippen molar-refractivity contribution in [3.05, 3.63) is 109 Å². The summed E-state index contributed by atoms with van der Waals surface area (Å²) in [5.74, 6) is -2.04. The summed E-state index contributed by atoms with van der Waals surface area (Å²) in [5, 5.41) is 9.69. The quantitative estimate of drug-likeness (QED) is 0.0211. The monoisotopic (exact) mass is 991 g/mol. The molecule has 0 aliphatic heterocycles. The van der Waals surface area contributed by atoms with Crippen molar-refractivity contribution in [2.45, 2.75) is 219 Å². The van der Waals surface area contributed by atoms with Crippen LogP contribution in [0.4, 0.5) is 0 Å². The highest BCUT2D eigenvalue weighted by Gasteiger charge is 2.25. The molecule has 71 heavy (non-hydrogen) atoms. The lowest BCUT2D eigenvalue weighted by Gasteiger charge is -2.25. The second kappa shape index (κ2) is 52.3. The van der Waals surface area contributed by atoms with Gasteiger partial charge in [-0.3, -0.25) is 9.59 Å². The van der Waals surface area contributed by atoms with E-state index in [2.05, 4.69) is 123 Å². The van der Waals surface area contributed by atoms with Crippen molar-refractivity contribution in [1.82, 2.24) is 0 Å². The van der Waals surface area contributed by atoms with Gasteiger partial charge in [0.1, 0.15) is 13.2 Å². The third kappa shape index (κ3) is 53.6. The van der Waals surface area contributed by atoms with Gasteiger partial charge < -0.3 is 28.5 Å². The Hall–Kier alpha value is -4.05. The molecule has 0 rings (SSSR count). The van der Waals surface area contributed by atoms with Crippen molar-refractivity contribution >= 4 is 17.9 Å². The molecule has 0 radical (unpaired) electrons. The van der Waals surface area contributed by atoms with E-state index in [1.807, 2.05) is 21.1 Å². The van der Waals surface area contributed by atoms with E-state index in [9.17, 15) is 19.5 Å². The number of esters is 2. The topological polar surface area (TPSA) is 108 Å². The molecule has 9 nitrogen and oxygen atoms in total. The minimum absolute atomic E-state index is 0.179. The van der Waals surface area contributed by atoms with Crippen LogP contribution in [0.15, 0.2) is 109 Å². The summed E-state index contributed by atoms with van der Waals surface area (Å²) < 4.78 is 22.8. The predicted molar refractivity (Wildman–Crippen MR) is 299 cm³/mol. The van der Waals surface area contributed by atoms with Crippen LogP contribution < -0.4 is 0 Å². The minimum Gasteiger partial charge on any atom is -0.477 e. The van der Waals surface area contributed by atoms with Crippen LogP contribution in [0.2, 0.25) is 0 Å². The fraction of sp³-hybridized carbons (Fsp3) is 0.661. The van der Waals surface area contributed by atoms with E-state index in [-0.39, 0.29) is 38.6 Å². The van der Waals surface area contributed by atoms with Crippen LogP contribution in [0.5, 0.6) is 0 Å². The lowest BCUT2D eigenvalue weighted by molar-refractivity contribution is -0.870. The van der Waals surface area contributed by atoms with E-state index < -0.39 is 24.3 Å². The highest BCUT2D eigenvalue weighted by atomic mass is 16.7. The van der Waals surface area contributed by atoms with Gasteiger partial charge >= 0.3 is 17.9 Å². The first-order valence-corrected chi connectivity index (χ1v) is 28.1. The van der Waals surface area contributed by atoms with Gasteiger partial charge in [-0.1, -0.05) is 207 Å². The molecule has 0 aromatic carbocycles. The van der Waals surface area contributed by atoms with Crippen LogP contribution in [0.25, 0.3) is 0 Å². The summed E-state index contributed by atoms with van der Waals surface area (Å²) in [5.41, 5.74) is 0. The SMILES string of the molecule is CC/C=C\C/C=C\C/C=C\C/C=C\C/C=C\C/C=C\CCCCCCCCCCCCCCC(=O)OC(COC(=O)CCCCCCC/C=C\C/C=C\C/C=C\CC)COC(OCC[N+](C)(C)C)C(=O)O. The van der Waals surface area contributed by atoms with Gasteiger partial charge in [-0.25, -0.2) is 4.79 Å². The fourth-order valence-electron chi connectivity index (χ4n) is 7.27. The molecule has 0 aromatic heterocycles. The number of ether oxygens (including phenoxy) is 4. The maximum Gasteiger partial charge on any atom is 0.361 e. The second-order valence-corrected chi connectivity index (χ2v) is 19.5. The van der Waals surface area contributed by atoms with Crippen LogP contribution in [0.1, 0.15) is 206 Å². The molecule has 9 heteroatoms. The number of carboxylic acid groups (broad SMARTS) is 1. The Morgan fingerprint density at radius 2 is 0.761 bits per heavy atom. The first-order valence-electron chi connectivity index (χ1n) is 28.1. The van der Waals surface area contributed by atoms with Gasteiger partial charge in [-0.2, -0.15) is 0 Å². The third-order valence-corrected chi connectivity index (χ3v) is 11.5. The van der Waals surface area contributed by atoms with E-state index in [1.54, 1.807) is 0 Å². The van der Waals surface area contributed by atoms with Gasteiger partial charge in [0.25, 0.3) is 6.29 Å². The highest BCUT2D eigenvalue weighted by Crippen LogP contribution is 2.15. The predicted octanol–water partition coefficient (Wildman–Crippen LogP) is 16.3. The molecule has 0 spiro atoms. The Morgan fingerprint density at radius 1 is 0.423 bits per heavy atom. The lowest BCUT2D eigenvalue weighted by Crippen LogP contribution is -2.40. The molecule has 0 saturated heterocycles. The van der Waals surface area contributed by atoms with Crippen molar-refractivity contribution in [3.8, 4) is 0 Å². The maximum absolute atomic E-state index is 12.9. The zero-order valence-corrected chi connectivity index (χ0v) is 45.8. The molecule has 0 aromatic rings. The van der Waals surface area contributed by atoms with Gasteiger partial charge in [-0.15, -0.1) is 0 Å². The van der Waals surface area contributed by atoms with E-state index in [0.29, 0.717) is 17.4 Å². The van der Waals surface area contributed by atoms with Gasteiger partial charge in [0.2, 0.25) is 0 Å². The largest absolute Gasteiger partial charge is 0.477 e. The molecule has 0 bridgehead atoms. The van der Waals surface area contributed by atoms with E-state index in [4.69, 9.17) is 18.9 Å². The summed E-state index contributed by atoms with van der Waals surface area (Å²) in [6, 6.07) is 0. The number of likely N-dealkylation sites (N-methyl/N-ethyl adjacent to an activating group) is 1. The first-order chi connectivity index (χ1) is 34.6. The van der Waals surface area contributed by atoms with Crippen molar-refractivity contribution in [2.75, 3.05) is 47.5 Å². The number of hydrogen-bond acceptors (Lipinski definition) is 7. The Bertz CT molecular complexity index is 1530. The summed E-state index contributed by atoms with van der Waals surface area (Å²) in [7, 11) is 5.95. The van der Waals surface area contributed by atoms with Crippen molar-refractivity contribution in [1.29, 1.82) is 0 Å². The molecule has 2 atom stereocenters. The van der Waals surface area contributed by atoms with Crippen molar-refractivity contribution < 1.29 is 42.9 Å².